The van der Waals surface area contributed by atoms with E-state index in [4.69, 9.17) is 0 Å². The van der Waals surface area contributed by atoms with E-state index in [9.17, 15) is 9.59 Å². The standard InChI is InChI=1S/C21H17N5O2/c27-19-17-12-22-20(25-11-10-14-6-4-5-7-15(14)13-25)23-18(17)24-21(28)26(19)16-8-2-1-3-9-16/h1-9,12H,10-11,13H2,(H,22,23,24,28). The number of benzene rings is 2. The van der Waals surface area contributed by atoms with Crippen LogP contribution < -0.4 is 16.1 Å². The lowest BCUT2D eigenvalue weighted by Gasteiger charge is -2.28. The summed E-state index contributed by atoms with van der Waals surface area (Å²) in [6, 6.07) is 17.1. The maximum atomic E-state index is 12.9. The number of rotatable bonds is 2. The summed E-state index contributed by atoms with van der Waals surface area (Å²) in [5, 5.41) is 0.282. The number of hydrogen-bond acceptors (Lipinski definition) is 5. The highest BCUT2D eigenvalue weighted by atomic mass is 16.2. The van der Waals surface area contributed by atoms with E-state index in [-0.39, 0.29) is 11.0 Å². The van der Waals surface area contributed by atoms with Crippen molar-refractivity contribution >= 4 is 17.0 Å². The molecular formula is C21H17N5O2. The van der Waals surface area contributed by atoms with Crippen molar-refractivity contribution in [3.8, 4) is 5.69 Å². The molecule has 0 saturated heterocycles. The molecule has 2 aromatic carbocycles. The molecule has 0 spiro atoms. The highest BCUT2D eigenvalue weighted by Gasteiger charge is 2.19. The van der Waals surface area contributed by atoms with Gasteiger partial charge in [0.15, 0.2) is 5.65 Å². The molecule has 7 heteroatoms. The van der Waals surface area contributed by atoms with Crippen LogP contribution in [0, 0.1) is 0 Å². The van der Waals surface area contributed by atoms with Crippen LogP contribution in [-0.4, -0.2) is 26.1 Å². The van der Waals surface area contributed by atoms with Gasteiger partial charge in [0.2, 0.25) is 5.95 Å². The van der Waals surface area contributed by atoms with Gasteiger partial charge < -0.3 is 4.90 Å². The van der Waals surface area contributed by atoms with E-state index in [2.05, 4.69) is 32.0 Å². The van der Waals surface area contributed by atoms with Crippen molar-refractivity contribution in [1.82, 2.24) is 19.5 Å². The summed E-state index contributed by atoms with van der Waals surface area (Å²) in [5.74, 6) is 0.509. The fourth-order valence-electron chi connectivity index (χ4n) is 3.62. The lowest BCUT2D eigenvalue weighted by Crippen LogP contribution is -2.35. The van der Waals surface area contributed by atoms with Crippen LogP contribution in [0.25, 0.3) is 16.7 Å². The number of nitrogens with zero attached hydrogens (tertiary/aromatic N) is 4. The SMILES string of the molecule is O=c1[nH]c2nc(N3CCc4ccccc4C3)ncc2c(=O)n1-c1ccccc1. The van der Waals surface area contributed by atoms with E-state index in [1.54, 1.807) is 24.3 Å². The second kappa shape index (κ2) is 6.45. The van der Waals surface area contributed by atoms with Gasteiger partial charge in [-0.15, -0.1) is 0 Å². The Bertz CT molecular complexity index is 1290. The van der Waals surface area contributed by atoms with E-state index in [1.807, 2.05) is 18.2 Å². The van der Waals surface area contributed by atoms with Crippen molar-refractivity contribution in [2.45, 2.75) is 13.0 Å². The average Bonchev–Trinajstić information content (AvgIpc) is 2.74. The fourth-order valence-corrected chi connectivity index (χ4v) is 3.62. The minimum absolute atomic E-state index is 0.256. The number of anilines is 1. The molecule has 0 saturated carbocycles. The zero-order valence-electron chi connectivity index (χ0n) is 15.0. The highest BCUT2D eigenvalue weighted by Crippen LogP contribution is 2.22. The molecule has 1 aliphatic heterocycles. The maximum Gasteiger partial charge on any atom is 0.334 e. The van der Waals surface area contributed by atoms with Crippen LogP contribution in [0.15, 0.2) is 70.4 Å². The fraction of sp³-hybridized carbons (Fsp3) is 0.143. The molecule has 0 unspecified atom stereocenters. The van der Waals surface area contributed by atoms with E-state index in [0.717, 1.165) is 17.5 Å². The molecule has 0 amide bonds. The van der Waals surface area contributed by atoms with E-state index in [0.29, 0.717) is 18.2 Å². The molecule has 4 aromatic rings. The van der Waals surface area contributed by atoms with Crippen LogP contribution in [0.4, 0.5) is 5.95 Å². The van der Waals surface area contributed by atoms with Crippen molar-refractivity contribution in [3.05, 3.63) is 92.8 Å². The normalized spacial score (nSPS) is 13.5. The van der Waals surface area contributed by atoms with Gasteiger partial charge in [0.1, 0.15) is 5.39 Å². The van der Waals surface area contributed by atoms with E-state index >= 15 is 0 Å². The van der Waals surface area contributed by atoms with Gasteiger partial charge >= 0.3 is 5.69 Å². The van der Waals surface area contributed by atoms with E-state index < -0.39 is 11.2 Å². The van der Waals surface area contributed by atoms with Crippen LogP contribution >= 0.6 is 0 Å². The second-order valence-corrected chi connectivity index (χ2v) is 6.78. The number of aromatic amines is 1. The summed E-state index contributed by atoms with van der Waals surface area (Å²) < 4.78 is 1.10. The summed E-state index contributed by atoms with van der Waals surface area (Å²) in [7, 11) is 0. The number of hydrogen-bond donors (Lipinski definition) is 1. The molecule has 0 atom stereocenters. The van der Waals surface area contributed by atoms with Crippen molar-refractivity contribution in [1.29, 1.82) is 0 Å². The van der Waals surface area contributed by atoms with Crippen LogP contribution in [0.3, 0.4) is 0 Å². The Labute approximate surface area is 159 Å². The Morgan fingerprint density at radius 3 is 2.50 bits per heavy atom. The molecular weight excluding hydrogens is 354 g/mol. The van der Waals surface area contributed by atoms with Crippen LogP contribution in [0.1, 0.15) is 11.1 Å². The molecule has 2 aromatic heterocycles. The Kier molecular flexibility index (Phi) is 3.79. The Balaban J connectivity index is 1.58. The highest BCUT2D eigenvalue weighted by molar-refractivity contribution is 5.73. The second-order valence-electron chi connectivity index (χ2n) is 6.78. The van der Waals surface area contributed by atoms with Crippen LogP contribution in [0.5, 0.6) is 0 Å². The van der Waals surface area contributed by atoms with Gasteiger partial charge in [-0.2, -0.15) is 4.98 Å². The van der Waals surface area contributed by atoms with Gasteiger partial charge in [0.05, 0.1) is 5.69 Å². The van der Waals surface area contributed by atoms with Gasteiger partial charge in [-0.3, -0.25) is 9.78 Å². The predicted octanol–water partition coefficient (Wildman–Crippen LogP) is 2.03. The Hall–Kier alpha value is -3.74. The molecule has 1 N–H and O–H groups in total. The number of nitrogens with one attached hydrogen (secondary N) is 1. The lowest BCUT2D eigenvalue weighted by molar-refractivity contribution is 0.709. The summed E-state index contributed by atoms with van der Waals surface area (Å²) in [6.45, 7) is 1.49. The third-order valence-electron chi connectivity index (χ3n) is 5.07. The summed E-state index contributed by atoms with van der Waals surface area (Å²) in [6.07, 6.45) is 2.40. The van der Waals surface area contributed by atoms with Crippen LogP contribution in [-0.2, 0) is 13.0 Å². The topological polar surface area (TPSA) is 83.9 Å². The summed E-state index contributed by atoms with van der Waals surface area (Å²) in [5.41, 5.74) is 2.39. The zero-order chi connectivity index (χ0) is 19.1. The number of H-pyrrole nitrogens is 1. The third kappa shape index (κ3) is 2.68. The Morgan fingerprint density at radius 1 is 0.929 bits per heavy atom. The molecule has 138 valence electrons. The molecule has 28 heavy (non-hydrogen) atoms. The van der Waals surface area contributed by atoms with Gasteiger partial charge in [-0.25, -0.2) is 14.3 Å². The molecule has 5 rings (SSSR count). The minimum atomic E-state index is -0.516. The number of aromatic nitrogens is 4. The van der Waals surface area contributed by atoms with Crippen molar-refractivity contribution in [2.75, 3.05) is 11.4 Å². The molecule has 3 heterocycles. The first-order valence-corrected chi connectivity index (χ1v) is 9.10. The maximum absolute atomic E-state index is 12.9. The smallest absolute Gasteiger partial charge is 0.334 e. The molecule has 0 radical (unpaired) electrons. The van der Waals surface area contributed by atoms with Gasteiger partial charge in [0.25, 0.3) is 5.56 Å². The van der Waals surface area contributed by atoms with Crippen molar-refractivity contribution in [3.63, 3.8) is 0 Å². The molecule has 7 nitrogen and oxygen atoms in total. The van der Waals surface area contributed by atoms with Gasteiger partial charge in [-0.05, 0) is 29.7 Å². The first kappa shape index (κ1) is 16.4. The molecule has 0 aliphatic carbocycles. The summed E-state index contributed by atoms with van der Waals surface area (Å²) >= 11 is 0. The zero-order valence-corrected chi connectivity index (χ0v) is 15.0. The first-order valence-electron chi connectivity index (χ1n) is 9.10. The molecule has 0 fully saturated rings. The molecule has 0 bridgehead atoms. The Morgan fingerprint density at radius 2 is 1.68 bits per heavy atom. The largest absolute Gasteiger partial charge is 0.336 e. The predicted molar refractivity (Wildman–Crippen MR) is 107 cm³/mol. The number of fused-ring (bicyclic) bond motifs is 2. The van der Waals surface area contributed by atoms with E-state index in [1.165, 1.54) is 17.3 Å². The molecule has 1 aliphatic rings. The van der Waals surface area contributed by atoms with Crippen molar-refractivity contribution in [2.24, 2.45) is 0 Å². The van der Waals surface area contributed by atoms with Crippen molar-refractivity contribution < 1.29 is 0 Å². The quantitative estimate of drug-likeness (QED) is 0.583. The number of para-hydroxylation sites is 1. The summed E-state index contributed by atoms with van der Waals surface area (Å²) in [4.78, 5) is 39.1. The van der Waals surface area contributed by atoms with Gasteiger partial charge in [0, 0.05) is 19.3 Å². The van der Waals surface area contributed by atoms with Gasteiger partial charge in [-0.1, -0.05) is 42.5 Å². The first-order chi connectivity index (χ1) is 13.7. The van der Waals surface area contributed by atoms with Crippen LogP contribution in [0.2, 0.25) is 0 Å². The third-order valence-corrected chi connectivity index (χ3v) is 5.07. The minimum Gasteiger partial charge on any atom is -0.336 e. The lowest BCUT2D eigenvalue weighted by atomic mass is 10.0. The average molecular weight is 371 g/mol. The monoisotopic (exact) mass is 371 g/mol.